The molecule has 0 aliphatic carbocycles. The SMILES string of the molecule is CCCNc1cc(NN2CCCCC2)nc(C)n1. The van der Waals surface area contributed by atoms with E-state index < -0.39 is 0 Å². The Morgan fingerprint density at radius 1 is 1.17 bits per heavy atom. The van der Waals surface area contributed by atoms with Crippen molar-refractivity contribution >= 4 is 11.6 Å². The van der Waals surface area contributed by atoms with Crippen molar-refractivity contribution in [1.29, 1.82) is 0 Å². The Kier molecular flexibility index (Phi) is 4.75. The van der Waals surface area contributed by atoms with Crippen molar-refractivity contribution in [2.75, 3.05) is 30.4 Å². The van der Waals surface area contributed by atoms with Gasteiger partial charge in [-0.25, -0.2) is 15.0 Å². The molecule has 0 spiro atoms. The fourth-order valence-electron chi connectivity index (χ4n) is 2.14. The summed E-state index contributed by atoms with van der Waals surface area (Å²) in [5, 5.41) is 5.55. The maximum atomic E-state index is 4.43. The lowest BCUT2D eigenvalue weighted by Crippen LogP contribution is -2.35. The van der Waals surface area contributed by atoms with Crippen LogP contribution in [0.4, 0.5) is 11.6 Å². The van der Waals surface area contributed by atoms with Gasteiger partial charge in [0.15, 0.2) is 0 Å². The van der Waals surface area contributed by atoms with E-state index in [0.717, 1.165) is 43.5 Å². The quantitative estimate of drug-likeness (QED) is 0.839. The lowest BCUT2D eigenvalue weighted by molar-refractivity contribution is 0.272. The number of hydrogen-bond acceptors (Lipinski definition) is 5. The summed E-state index contributed by atoms with van der Waals surface area (Å²) >= 11 is 0. The summed E-state index contributed by atoms with van der Waals surface area (Å²) < 4.78 is 0. The van der Waals surface area contributed by atoms with Gasteiger partial charge in [0.25, 0.3) is 0 Å². The number of aryl methyl sites for hydroxylation is 1. The Bertz CT molecular complexity index is 374. The van der Waals surface area contributed by atoms with E-state index in [2.05, 4.69) is 32.6 Å². The first-order valence-electron chi connectivity index (χ1n) is 6.89. The van der Waals surface area contributed by atoms with Gasteiger partial charge in [0.1, 0.15) is 17.5 Å². The summed E-state index contributed by atoms with van der Waals surface area (Å²) in [4.78, 5) is 8.82. The molecule has 0 aromatic carbocycles. The van der Waals surface area contributed by atoms with E-state index in [4.69, 9.17) is 0 Å². The van der Waals surface area contributed by atoms with E-state index in [0.29, 0.717) is 0 Å². The highest BCUT2D eigenvalue weighted by Gasteiger charge is 2.11. The Morgan fingerprint density at radius 2 is 1.89 bits per heavy atom. The normalized spacial score (nSPS) is 16.6. The summed E-state index contributed by atoms with van der Waals surface area (Å²) in [7, 11) is 0. The van der Waals surface area contributed by atoms with Gasteiger partial charge in [0, 0.05) is 25.7 Å². The standard InChI is InChI=1S/C13H23N5/c1-3-7-14-12-10-13(16-11(2)15-12)17-18-8-5-4-6-9-18/h10H,3-9H2,1-2H3,(H2,14,15,16,17). The molecule has 2 heterocycles. The van der Waals surface area contributed by atoms with Gasteiger partial charge in [-0.15, -0.1) is 0 Å². The van der Waals surface area contributed by atoms with Crippen molar-refractivity contribution < 1.29 is 0 Å². The lowest BCUT2D eigenvalue weighted by Gasteiger charge is -2.27. The molecule has 1 saturated heterocycles. The first kappa shape index (κ1) is 13.1. The molecular formula is C13H23N5. The highest BCUT2D eigenvalue weighted by molar-refractivity contribution is 5.46. The van der Waals surface area contributed by atoms with Crippen LogP contribution >= 0.6 is 0 Å². The smallest absolute Gasteiger partial charge is 0.146 e. The number of nitrogens with one attached hydrogen (secondary N) is 2. The number of anilines is 2. The van der Waals surface area contributed by atoms with Crippen LogP contribution in [-0.2, 0) is 0 Å². The topological polar surface area (TPSA) is 53.1 Å². The van der Waals surface area contributed by atoms with Crippen molar-refractivity contribution in [2.45, 2.75) is 39.5 Å². The number of nitrogens with zero attached hydrogens (tertiary/aromatic N) is 3. The third-order valence-electron chi connectivity index (χ3n) is 3.02. The van der Waals surface area contributed by atoms with Crippen LogP contribution in [0.15, 0.2) is 6.07 Å². The Morgan fingerprint density at radius 3 is 2.61 bits per heavy atom. The number of hydrogen-bond donors (Lipinski definition) is 2. The summed E-state index contributed by atoms with van der Waals surface area (Å²) in [6.45, 7) is 7.22. The van der Waals surface area contributed by atoms with Crippen LogP contribution in [-0.4, -0.2) is 34.6 Å². The first-order chi connectivity index (χ1) is 8.78. The van der Waals surface area contributed by atoms with Crippen LogP contribution in [0.5, 0.6) is 0 Å². The zero-order valence-corrected chi connectivity index (χ0v) is 11.4. The molecule has 0 saturated carbocycles. The second-order valence-electron chi connectivity index (χ2n) is 4.77. The average molecular weight is 249 g/mol. The van der Waals surface area contributed by atoms with Crippen molar-refractivity contribution in [3.63, 3.8) is 0 Å². The van der Waals surface area contributed by atoms with Gasteiger partial charge in [0.05, 0.1) is 0 Å². The van der Waals surface area contributed by atoms with Crippen LogP contribution in [0.1, 0.15) is 38.4 Å². The molecule has 0 bridgehead atoms. The van der Waals surface area contributed by atoms with Gasteiger partial charge in [-0.05, 0) is 26.2 Å². The number of piperidine rings is 1. The monoisotopic (exact) mass is 249 g/mol. The number of rotatable bonds is 5. The maximum absolute atomic E-state index is 4.43. The average Bonchev–Trinajstić information content (AvgIpc) is 2.37. The molecule has 1 aromatic heterocycles. The molecule has 0 amide bonds. The highest BCUT2D eigenvalue weighted by Crippen LogP contribution is 2.14. The molecule has 0 atom stereocenters. The predicted molar refractivity (Wildman–Crippen MR) is 74.6 cm³/mol. The maximum Gasteiger partial charge on any atom is 0.146 e. The largest absolute Gasteiger partial charge is 0.370 e. The van der Waals surface area contributed by atoms with Gasteiger partial charge < -0.3 is 10.7 Å². The van der Waals surface area contributed by atoms with Gasteiger partial charge >= 0.3 is 0 Å². The molecule has 1 aliphatic heterocycles. The van der Waals surface area contributed by atoms with E-state index in [9.17, 15) is 0 Å². The van der Waals surface area contributed by atoms with Crippen molar-refractivity contribution in [1.82, 2.24) is 15.0 Å². The molecule has 0 unspecified atom stereocenters. The van der Waals surface area contributed by atoms with Crippen LogP contribution in [0.3, 0.4) is 0 Å². The first-order valence-corrected chi connectivity index (χ1v) is 6.89. The van der Waals surface area contributed by atoms with E-state index in [1.54, 1.807) is 0 Å². The van der Waals surface area contributed by atoms with Crippen molar-refractivity contribution in [2.24, 2.45) is 0 Å². The highest BCUT2D eigenvalue weighted by atomic mass is 15.5. The van der Waals surface area contributed by atoms with Crippen LogP contribution < -0.4 is 10.7 Å². The summed E-state index contributed by atoms with van der Waals surface area (Å²) in [5.41, 5.74) is 3.38. The fourth-order valence-corrected chi connectivity index (χ4v) is 2.14. The molecular weight excluding hydrogens is 226 g/mol. The van der Waals surface area contributed by atoms with Crippen molar-refractivity contribution in [3.8, 4) is 0 Å². The van der Waals surface area contributed by atoms with Gasteiger partial charge in [-0.2, -0.15) is 0 Å². The predicted octanol–water partition coefficient (Wildman–Crippen LogP) is 2.42. The van der Waals surface area contributed by atoms with E-state index in [1.807, 2.05) is 13.0 Å². The third kappa shape index (κ3) is 3.84. The second-order valence-corrected chi connectivity index (χ2v) is 4.77. The lowest BCUT2D eigenvalue weighted by atomic mass is 10.2. The molecule has 5 heteroatoms. The number of aromatic nitrogens is 2. The zero-order chi connectivity index (χ0) is 12.8. The van der Waals surface area contributed by atoms with Crippen LogP contribution in [0.25, 0.3) is 0 Å². The minimum absolute atomic E-state index is 0.801. The van der Waals surface area contributed by atoms with Gasteiger partial charge in [-0.1, -0.05) is 13.3 Å². The molecule has 5 nitrogen and oxygen atoms in total. The molecule has 1 fully saturated rings. The van der Waals surface area contributed by atoms with Crippen LogP contribution in [0, 0.1) is 6.92 Å². The van der Waals surface area contributed by atoms with E-state index in [-0.39, 0.29) is 0 Å². The van der Waals surface area contributed by atoms with E-state index in [1.165, 1.54) is 19.3 Å². The van der Waals surface area contributed by atoms with Crippen LogP contribution in [0.2, 0.25) is 0 Å². The minimum Gasteiger partial charge on any atom is -0.370 e. The van der Waals surface area contributed by atoms with Gasteiger partial charge in [-0.3, -0.25) is 0 Å². The Balaban J connectivity index is 1.99. The molecule has 1 aliphatic rings. The minimum atomic E-state index is 0.801. The summed E-state index contributed by atoms with van der Waals surface area (Å²) in [5.74, 6) is 2.60. The molecule has 0 radical (unpaired) electrons. The number of hydrazine groups is 1. The molecule has 2 rings (SSSR count). The zero-order valence-electron chi connectivity index (χ0n) is 11.4. The summed E-state index contributed by atoms with van der Waals surface area (Å²) in [6, 6.07) is 1.98. The third-order valence-corrected chi connectivity index (χ3v) is 3.02. The molecule has 100 valence electrons. The van der Waals surface area contributed by atoms with Gasteiger partial charge in [0.2, 0.25) is 0 Å². The molecule has 2 N–H and O–H groups in total. The molecule has 1 aromatic rings. The van der Waals surface area contributed by atoms with E-state index >= 15 is 0 Å². The summed E-state index contributed by atoms with van der Waals surface area (Å²) in [6.07, 6.45) is 4.96. The second kappa shape index (κ2) is 6.54. The fraction of sp³-hybridized carbons (Fsp3) is 0.692. The molecule has 18 heavy (non-hydrogen) atoms. The Labute approximate surface area is 109 Å². The van der Waals surface area contributed by atoms with Crippen molar-refractivity contribution in [3.05, 3.63) is 11.9 Å². The Hall–Kier alpha value is -1.36.